The third kappa shape index (κ3) is 2.40. The number of nitrogens with zero attached hydrogens (tertiary/aromatic N) is 2. The van der Waals surface area contributed by atoms with Gasteiger partial charge in [0.05, 0.1) is 5.69 Å². The van der Waals surface area contributed by atoms with Gasteiger partial charge in [0.25, 0.3) is 0 Å². The fourth-order valence-electron chi connectivity index (χ4n) is 1.74. The second kappa shape index (κ2) is 5.00. The first kappa shape index (κ1) is 12.3. The molecule has 0 amide bonds. The summed E-state index contributed by atoms with van der Waals surface area (Å²) in [7, 11) is 0. The number of nitrogens with two attached hydrogens (primary N) is 1. The van der Waals surface area contributed by atoms with Gasteiger partial charge in [-0.05, 0) is 31.0 Å². The molecule has 94 valence electrons. The number of benzene rings is 1. The van der Waals surface area contributed by atoms with Crippen molar-refractivity contribution in [2.24, 2.45) is 0 Å². The smallest absolute Gasteiger partial charge is 0.146 e. The second-order valence-electron chi connectivity index (χ2n) is 4.05. The van der Waals surface area contributed by atoms with Crippen molar-refractivity contribution < 1.29 is 4.39 Å². The van der Waals surface area contributed by atoms with Crippen molar-refractivity contribution in [2.75, 3.05) is 11.1 Å². The molecule has 0 spiro atoms. The Kier molecular flexibility index (Phi) is 3.41. The Bertz CT molecular complexity index is 569. The number of hydrogen-bond acceptors (Lipinski definition) is 4. The maximum absolute atomic E-state index is 13.7. The number of anilines is 3. The number of hydrogen-bond donors (Lipinski definition) is 2. The Morgan fingerprint density at radius 3 is 2.83 bits per heavy atom. The maximum Gasteiger partial charge on any atom is 0.146 e. The van der Waals surface area contributed by atoms with E-state index in [1.165, 1.54) is 12.4 Å². The summed E-state index contributed by atoms with van der Waals surface area (Å²) in [6.45, 7) is 3.85. The lowest BCUT2D eigenvalue weighted by atomic mass is 10.2. The number of aromatic nitrogens is 2. The van der Waals surface area contributed by atoms with Gasteiger partial charge in [0, 0.05) is 5.56 Å². The zero-order chi connectivity index (χ0) is 13.1. The monoisotopic (exact) mass is 246 g/mol. The zero-order valence-corrected chi connectivity index (χ0v) is 10.4. The molecule has 1 heterocycles. The minimum absolute atomic E-state index is 0.320. The summed E-state index contributed by atoms with van der Waals surface area (Å²) >= 11 is 0. The summed E-state index contributed by atoms with van der Waals surface area (Å²) in [4.78, 5) is 8.03. The third-order valence-corrected chi connectivity index (χ3v) is 2.71. The standard InChI is InChI=1S/C13H15FN4/c1-3-9-12(15)16-7-17-13(9)18-11-6-8(2)4-5-10(11)14/h4-7H,3H2,1-2H3,(H3,15,16,17,18). The van der Waals surface area contributed by atoms with Crippen LogP contribution in [0.3, 0.4) is 0 Å². The van der Waals surface area contributed by atoms with E-state index >= 15 is 0 Å². The molecule has 18 heavy (non-hydrogen) atoms. The van der Waals surface area contributed by atoms with Gasteiger partial charge in [0.2, 0.25) is 0 Å². The number of nitrogen functional groups attached to an aromatic ring is 1. The van der Waals surface area contributed by atoms with Gasteiger partial charge < -0.3 is 11.1 Å². The normalized spacial score (nSPS) is 10.4. The molecule has 2 rings (SSSR count). The van der Waals surface area contributed by atoms with E-state index in [4.69, 9.17) is 5.73 Å². The van der Waals surface area contributed by atoms with Gasteiger partial charge in [-0.25, -0.2) is 14.4 Å². The first-order chi connectivity index (χ1) is 8.61. The van der Waals surface area contributed by atoms with Gasteiger partial charge >= 0.3 is 0 Å². The van der Waals surface area contributed by atoms with Crippen molar-refractivity contribution in [3.05, 3.63) is 41.5 Å². The molecular formula is C13H15FN4. The highest BCUT2D eigenvalue weighted by Crippen LogP contribution is 2.24. The predicted octanol–water partition coefficient (Wildman–Crippen LogP) is 2.81. The number of rotatable bonds is 3. The van der Waals surface area contributed by atoms with Gasteiger partial charge in [0.15, 0.2) is 0 Å². The molecular weight excluding hydrogens is 231 g/mol. The molecule has 0 bridgehead atoms. The molecule has 0 fully saturated rings. The second-order valence-corrected chi connectivity index (χ2v) is 4.05. The quantitative estimate of drug-likeness (QED) is 0.874. The molecule has 1 aromatic heterocycles. The van der Waals surface area contributed by atoms with Crippen LogP contribution in [0.25, 0.3) is 0 Å². The summed E-state index contributed by atoms with van der Waals surface area (Å²) < 4.78 is 13.7. The molecule has 0 saturated heterocycles. The van der Waals surface area contributed by atoms with Crippen LogP contribution in [0, 0.1) is 12.7 Å². The van der Waals surface area contributed by atoms with Gasteiger partial charge in [0.1, 0.15) is 23.8 Å². The highest BCUT2D eigenvalue weighted by atomic mass is 19.1. The Morgan fingerprint density at radius 2 is 2.11 bits per heavy atom. The van der Waals surface area contributed by atoms with Crippen molar-refractivity contribution in [1.29, 1.82) is 0 Å². The average Bonchev–Trinajstić information content (AvgIpc) is 2.34. The molecule has 0 aliphatic heterocycles. The zero-order valence-electron chi connectivity index (χ0n) is 10.4. The van der Waals surface area contributed by atoms with Gasteiger partial charge in [-0.1, -0.05) is 13.0 Å². The van der Waals surface area contributed by atoms with E-state index in [9.17, 15) is 4.39 Å². The van der Waals surface area contributed by atoms with Gasteiger partial charge in [-0.15, -0.1) is 0 Å². The lowest BCUT2D eigenvalue weighted by Crippen LogP contribution is -2.05. The van der Waals surface area contributed by atoms with E-state index in [0.717, 1.165) is 11.1 Å². The van der Waals surface area contributed by atoms with Crippen LogP contribution in [0.5, 0.6) is 0 Å². The Balaban J connectivity index is 2.40. The molecule has 3 N–H and O–H groups in total. The molecule has 0 saturated carbocycles. The lowest BCUT2D eigenvalue weighted by Gasteiger charge is -2.12. The molecule has 4 nitrogen and oxygen atoms in total. The first-order valence-corrected chi connectivity index (χ1v) is 5.74. The molecule has 0 unspecified atom stereocenters. The average molecular weight is 246 g/mol. The lowest BCUT2D eigenvalue weighted by molar-refractivity contribution is 0.631. The molecule has 2 aromatic rings. The van der Waals surface area contributed by atoms with Crippen LogP contribution in [0.15, 0.2) is 24.5 Å². The number of aryl methyl sites for hydroxylation is 1. The van der Waals surface area contributed by atoms with Gasteiger partial charge in [-0.3, -0.25) is 0 Å². The van der Waals surface area contributed by atoms with E-state index in [0.29, 0.717) is 23.7 Å². The minimum atomic E-state index is -0.320. The van der Waals surface area contributed by atoms with Crippen LogP contribution in [0.1, 0.15) is 18.1 Å². The maximum atomic E-state index is 13.7. The Hall–Kier alpha value is -2.17. The predicted molar refractivity (Wildman–Crippen MR) is 70.2 cm³/mol. The van der Waals surface area contributed by atoms with Crippen molar-refractivity contribution >= 4 is 17.3 Å². The SMILES string of the molecule is CCc1c(N)ncnc1Nc1cc(C)ccc1F. The fourth-order valence-corrected chi connectivity index (χ4v) is 1.74. The fraction of sp³-hybridized carbons (Fsp3) is 0.231. The highest BCUT2D eigenvalue weighted by Gasteiger charge is 2.09. The summed E-state index contributed by atoms with van der Waals surface area (Å²) in [6, 6.07) is 4.87. The van der Waals surface area contributed by atoms with Crippen LogP contribution in [0.4, 0.5) is 21.7 Å². The van der Waals surface area contributed by atoms with Crippen LogP contribution in [-0.2, 0) is 6.42 Å². The Morgan fingerprint density at radius 1 is 1.33 bits per heavy atom. The van der Waals surface area contributed by atoms with Crippen molar-refractivity contribution in [2.45, 2.75) is 20.3 Å². The van der Waals surface area contributed by atoms with E-state index in [-0.39, 0.29) is 5.82 Å². The van der Waals surface area contributed by atoms with Crippen LogP contribution in [-0.4, -0.2) is 9.97 Å². The van der Waals surface area contributed by atoms with E-state index in [1.54, 1.807) is 12.1 Å². The first-order valence-electron chi connectivity index (χ1n) is 5.74. The largest absolute Gasteiger partial charge is 0.383 e. The number of halogens is 1. The van der Waals surface area contributed by atoms with Crippen LogP contribution in [0.2, 0.25) is 0 Å². The van der Waals surface area contributed by atoms with Crippen molar-refractivity contribution in [3.8, 4) is 0 Å². The summed E-state index contributed by atoms with van der Waals surface area (Å²) in [5.74, 6) is 0.650. The molecule has 0 radical (unpaired) electrons. The number of nitrogens with one attached hydrogen (secondary N) is 1. The van der Waals surface area contributed by atoms with E-state index in [2.05, 4.69) is 15.3 Å². The van der Waals surface area contributed by atoms with Gasteiger partial charge in [-0.2, -0.15) is 0 Å². The van der Waals surface area contributed by atoms with Crippen molar-refractivity contribution in [1.82, 2.24) is 9.97 Å². The van der Waals surface area contributed by atoms with Crippen LogP contribution >= 0.6 is 0 Å². The van der Waals surface area contributed by atoms with E-state index in [1.807, 2.05) is 13.8 Å². The third-order valence-electron chi connectivity index (χ3n) is 2.71. The molecule has 1 aromatic carbocycles. The highest BCUT2D eigenvalue weighted by molar-refractivity contribution is 5.64. The minimum Gasteiger partial charge on any atom is -0.383 e. The van der Waals surface area contributed by atoms with Crippen molar-refractivity contribution in [3.63, 3.8) is 0 Å². The molecule has 0 aliphatic rings. The molecule has 0 atom stereocenters. The topological polar surface area (TPSA) is 63.8 Å². The summed E-state index contributed by atoms with van der Waals surface area (Å²) in [6.07, 6.45) is 2.05. The molecule has 0 aliphatic carbocycles. The van der Waals surface area contributed by atoms with Crippen LogP contribution < -0.4 is 11.1 Å². The Labute approximate surface area is 105 Å². The summed E-state index contributed by atoms with van der Waals surface area (Å²) in [5.41, 5.74) is 7.92. The van der Waals surface area contributed by atoms with E-state index < -0.39 is 0 Å². The molecule has 5 heteroatoms. The summed E-state index contributed by atoms with van der Waals surface area (Å²) in [5, 5.41) is 2.97.